The van der Waals surface area contributed by atoms with Crippen molar-refractivity contribution in [2.45, 2.75) is 63.8 Å². The minimum atomic E-state index is 0. The molecular formula is C23H34Cl2N2. The van der Waals surface area contributed by atoms with Gasteiger partial charge >= 0.3 is 0 Å². The summed E-state index contributed by atoms with van der Waals surface area (Å²) in [4.78, 5) is 0. The van der Waals surface area contributed by atoms with Crippen molar-refractivity contribution in [1.29, 1.82) is 0 Å². The largest absolute Gasteiger partial charge is 0.398 e. The number of benzene rings is 2. The lowest BCUT2D eigenvalue weighted by molar-refractivity contribution is 0.447. The van der Waals surface area contributed by atoms with E-state index in [1.54, 1.807) is 0 Å². The maximum atomic E-state index is 6.08. The number of fused-ring (bicyclic) bond motifs is 1. The molecule has 1 aliphatic rings. The minimum absolute atomic E-state index is 0. The van der Waals surface area contributed by atoms with Crippen LogP contribution in [0.3, 0.4) is 0 Å². The molecule has 0 saturated heterocycles. The van der Waals surface area contributed by atoms with Crippen molar-refractivity contribution in [3.8, 4) is 0 Å². The van der Waals surface area contributed by atoms with E-state index in [4.69, 9.17) is 5.73 Å². The summed E-state index contributed by atoms with van der Waals surface area (Å²) in [5.74, 6) is 0. The molecule has 0 fully saturated rings. The van der Waals surface area contributed by atoms with Crippen LogP contribution in [0.15, 0.2) is 48.5 Å². The lowest BCUT2D eigenvalue weighted by Gasteiger charge is -2.26. The number of aryl methyl sites for hydroxylation is 1. The van der Waals surface area contributed by atoms with E-state index in [1.807, 2.05) is 6.07 Å². The van der Waals surface area contributed by atoms with Crippen LogP contribution >= 0.6 is 24.8 Å². The Morgan fingerprint density at radius 3 is 2.41 bits per heavy atom. The summed E-state index contributed by atoms with van der Waals surface area (Å²) in [6.45, 7) is 1.15. The van der Waals surface area contributed by atoms with Crippen molar-refractivity contribution in [3.05, 3.63) is 65.2 Å². The van der Waals surface area contributed by atoms with E-state index in [1.165, 1.54) is 61.6 Å². The number of rotatable bonds is 9. The molecule has 3 N–H and O–H groups in total. The molecule has 0 heterocycles. The summed E-state index contributed by atoms with van der Waals surface area (Å²) in [6.07, 6.45) is 11.4. The fourth-order valence-electron chi connectivity index (χ4n) is 3.95. The monoisotopic (exact) mass is 408 g/mol. The molecule has 27 heavy (non-hydrogen) atoms. The van der Waals surface area contributed by atoms with Crippen LogP contribution in [-0.4, -0.2) is 12.6 Å². The molecule has 2 nitrogen and oxygen atoms in total. The number of nitrogens with one attached hydrogen (secondary N) is 1. The van der Waals surface area contributed by atoms with E-state index in [2.05, 4.69) is 47.8 Å². The number of unbranched alkanes of at least 4 members (excludes halogenated alkanes) is 4. The van der Waals surface area contributed by atoms with Crippen molar-refractivity contribution in [2.24, 2.45) is 0 Å². The first-order valence-electron chi connectivity index (χ1n) is 9.96. The maximum Gasteiger partial charge on any atom is 0.0349 e. The Morgan fingerprint density at radius 1 is 0.852 bits per heavy atom. The number of hydrogen-bond donors (Lipinski definition) is 2. The molecule has 3 rings (SSSR count). The standard InChI is InChI=1S/C23H32N2.2ClH/c24-23-14-9-13-20-18-21(15-16-22(20)23)25-17-8-3-1-2-5-10-19-11-6-4-7-12-19;;/h4,6-7,9,11-14,21,25H,1-3,5,8,10,15-18,24H2;2*1H. The van der Waals surface area contributed by atoms with Gasteiger partial charge in [-0.1, -0.05) is 61.7 Å². The van der Waals surface area contributed by atoms with Crippen LogP contribution in [0.25, 0.3) is 0 Å². The number of anilines is 1. The van der Waals surface area contributed by atoms with E-state index < -0.39 is 0 Å². The number of nitrogen functional groups attached to an aromatic ring is 1. The zero-order chi connectivity index (χ0) is 17.3. The van der Waals surface area contributed by atoms with Gasteiger partial charge in [-0.15, -0.1) is 24.8 Å². The Labute approximate surface area is 177 Å². The highest BCUT2D eigenvalue weighted by Gasteiger charge is 2.19. The summed E-state index contributed by atoms with van der Waals surface area (Å²) >= 11 is 0. The Balaban J connectivity index is 0.00000182. The molecule has 1 aliphatic carbocycles. The van der Waals surface area contributed by atoms with E-state index in [-0.39, 0.29) is 24.8 Å². The van der Waals surface area contributed by atoms with Crippen molar-refractivity contribution >= 4 is 30.5 Å². The predicted octanol–water partition coefficient (Wildman–Crippen LogP) is 5.75. The van der Waals surface area contributed by atoms with Crippen LogP contribution in [0.1, 0.15) is 55.2 Å². The lowest BCUT2D eigenvalue weighted by atomic mass is 9.87. The van der Waals surface area contributed by atoms with Gasteiger partial charge < -0.3 is 11.1 Å². The van der Waals surface area contributed by atoms with Gasteiger partial charge in [0.15, 0.2) is 0 Å². The van der Waals surface area contributed by atoms with Gasteiger partial charge in [0.25, 0.3) is 0 Å². The molecule has 0 amide bonds. The Kier molecular flexibility index (Phi) is 11.5. The smallest absolute Gasteiger partial charge is 0.0349 e. The van der Waals surface area contributed by atoms with Gasteiger partial charge in [0.2, 0.25) is 0 Å². The normalized spacial score (nSPS) is 15.3. The summed E-state index contributed by atoms with van der Waals surface area (Å²) in [6, 6.07) is 17.8. The average molecular weight is 409 g/mol. The molecule has 0 bridgehead atoms. The molecule has 0 aliphatic heterocycles. The topological polar surface area (TPSA) is 38.0 Å². The van der Waals surface area contributed by atoms with Crippen LogP contribution in [0.4, 0.5) is 5.69 Å². The first-order chi connectivity index (χ1) is 12.3. The average Bonchev–Trinajstić information content (AvgIpc) is 2.65. The molecular weight excluding hydrogens is 375 g/mol. The van der Waals surface area contributed by atoms with Gasteiger partial charge in [-0.05, 0) is 67.8 Å². The third-order valence-corrected chi connectivity index (χ3v) is 5.44. The first kappa shape index (κ1) is 23.8. The Bertz CT molecular complexity index is 646. The molecule has 4 heteroatoms. The third kappa shape index (κ3) is 7.73. The van der Waals surface area contributed by atoms with Crippen LogP contribution in [0.2, 0.25) is 0 Å². The lowest BCUT2D eigenvalue weighted by Crippen LogP contribution is -2.35. The first-order valence-corrected chi connectivity index (χ1v) is 9.96. The Morgan fingerprint density at radius 2 is 1.59 bits per heavy atom. The molecule has 0 radical (unpaired) electrons. The van der Waals surface area contributed by atoms with E-state index in [0.717, 1.165) is 25.1 Å². The van der Waals surface area contributed by atoms with Gasteiger partial charge in [-0.2, -0.15) is 0 Å². The zero-order valence-corrected chi connectivity index (χ0v) is 17.8. The van der Waals surface area contributed by atoms with Crippen LogP contribution in [-0.2, 0) is 19.3 Å². The van der Waals surface area contributed by atoms with Gasteiger partial charge in [-0.3, -0.25) is 0 Å². The van der Waals surface area contributed by atoms with Crippen molar-refractivity contribution in [2.75, 3.05) is 12.3 Å². The van der Waals surface area contributed by atoms with Crippen LogP contribution < -0.4 is 11.1 Å². The molecule has 0 aromatic heterocycles. The van der Waals surface area contributed by atoms with Crippen molar-refractivity contribution in [1.82, 2.24) is 5.32 Å². The summed E-state index contributed by atoms with van der Waals surface area (Å²) in [5, 5.41) is 3.76. The van der Waals surface area contributed by atoms with Gasteiger partial charge in [0.1, 0.15) is 0 Å². The van der Waals surface area contributed by atoms with Crippen molar-refractivity contribution in [3.63, 3.8) is 0 Å². The summed E-state index contributed by atoms with van der Waals surface area (Å²) in [7, 11) is 0. The van der Waals surface area contributed by atoms with E-state index in [9.17, 15) is 0 Å². The molecule has 2 aromatic rings. The van der Waals surface area contributed by atoms with Gasteiger partial charge in [0.05, 0.1) is 0 Å². The fourth-order valence-corrected chi connectivity index (χ4v) is 3.95. The molecule has 1 atom stereocenters. The third-order valence-electron chi connectivity index (χ3n) is 5.44. The van der Waals surface area contributed by atoms with E-state index in [0.29, 0.717) is 6.04 Å². The van der Waals surface area contributed by atoms with Gasteiger partial charge in [-0.25, -0.2) is 0 Å². The van der Waals surface area contributed by atoms with E-state index >= 15 is 0 Å². The zero-order valence-electron chi connectivity index (χ0n) is 16.2. The second kappa shape index (κ2) is 13.0. The molecule has 150 valence electrons. The highest BCUT2D eigenvalue weighted by atomic mass is 35.5. The number of nitrogens with two attached hydrogens (primary N) is 1. The van der Waals surface area contributed by atoms with Crippen LogP contribution in [0.5, 0.6) is 0 Å². The molecule has 0 spiro atoms. The second-order valence-electron chi connectivity index (χ2n) is 7.38. The highest BCUT2D eigenvalue weighted by molar-refractivity contribution is 5.85. The predicted molar refractivity (Wildman–Crippen MR) is 122 cm³/mol. The summed E-state index contributed by atoms with van der Waals surface area (Å²) < 4.78 is 0. The molecule has 0 saturated carbocycles. The quantitative estimate of drug-likeness (QED) is 0.409. The number of halogens is 2. The minimum Gasteiger partial charge on any atom is -0.398 e. The fraction of sp³-hybridized carbons (Fsp3) is 0.478. The number of hydrogen-bond acceptors (Lipinski definition) is 2. The Hall–Kier alpha value is -1.22. The van der Waals surface area contributed by atoms with Crippen molar-refractivity contribution < 1.29 is 0 Å². The SMILES string of the molecule is Cl.Cl.Nc1cccc2c1CCC(NCCCCCCCc1ccccc1)C2. The van der Waals surface area contributed by atoms with Crippen LogP contribution in [0, 0.1) is 0 Å². The van der Waals surface area contributed by atoms with Gasteiger partial charge in [0, 0.05) is 11.7 Å². The summed E-state index contributed by atoms with van der Waals surface area (Å²) in [5.41, 5.74) is 11.4. The maximum absolute atomic E-state index is 6.08. The highest BCUT2D eigenvalue weighted by Crippen LogP contribution is 2.26. The molecule has 1 unspecified atom stereocenters. The second-order valence-corrected chi connectivity index (χ2v) is 7.38. The molecule has 2 aromatic carbocycles.